The number of hydrogen-bond donors (Lipinski definition) is 1. The van der Waals surface area contributed by atoms with Gasteiger partial charge in [-0.05, 0) is 38.1 Å². The molecule has 1 heterocycles. The number of aromatic carboxylic acids is 1. The highest BCUT2D eigenvalue weighted by atomic mass is 16.4. The molecule has 1 N–H and O–H groups in total. The first kappa shape index (κ1) is 13.3. The topological polar surface area (TPSA) is 50.2 Å². The number of carbonyl (C=O) groups is 1. The van der Waals surface area contributed by atoms with E-state index in [0.717, 1.165) is 16.7 Å². The third-order valence-electron chi connectivity index (χ3n) is 3.51. The summed E-state index contributed by atoms with van der Waals surface area (Å²) < 4.78 is 0. The van der Waals surface area contributed by atoms with Gasteiger partial charge >= 0.3 is 5.97 Å². The summed E-state index contributed by atoms with van der Waals surface area (Å²) in [5.41, 5.74) is 4.76. The predicted molar refractivity (Wildman–Crippen MR) is 83.6 cm³/mol. The van der Waals surface area contributed by atoms with Gasteiger partial charge in [0.05, 0.1) is 16.8 Å². The number of carboxylic acid groups (broad SMARTS) is 1. The second-order valence-corrected chi connectivity index (χ2v) is 5.25. The van der Waals surface area contributed by atoms with Gasteiger partial charge in [-0.25, -0.2) is 9.78 Å². The van der Waals surface area contributed by atoms with Crippen LogP contribution in [0.3, 0.4) is 0 Å². The zero-order chi connectivity index (χ0) is 15.0. The van der Waals surface area contributed by atoms with Crippen LogP contribution in [-0.2, 0) is 0 Å². The largest absolute Gasteiger partial charge is 0.478 e. The van der Waals surface area contributed by atoms with Gasteiger partial charge < -0.3 is 5.11 Å². The number of carboxylic acids is 1. The minimum absolute atomic E-state index is 0.292. The molecule has 0 fully saturated rings. The van der Waals surface area contributed by atoms with E-state index in [4.69, 9.17) is 0 Å². The average Bonchev–Trinajstić information content (AvgIpc) is 2.46. The number of aromatic nitrogens is 1. The Morgan fingerprint density at radius 2 is 1.76 bits per heavy atom. The van der Waals surface area contributed by atoms with Gasteiger partial charge in [-0.15, -0.1) is 0 Å². The Kier molecular flexibility index (Phi) is 3.18. The fourth-order valence-electron chi connectivity index (χ4n) is 2.47. The Bertz CT molecular complexity index is 853. The highest BCUT2D eigenvalue weighted by Gasteiger charge is 2.13. The molecule has 0 atom stereocenters. The first-order valence-corrected chi connectivity index (χ1v) is 6.76. The van der Waals surface area contributed by atoms with Crippen molar-refractivity contribution in [2.75, 3.05) is 0 Å². The number of fused-ring (bicyclic) bond motifs is 1. The van der Waals surface area contributed by atoms with E-state index in [0.29, 0.717) is 22.2 Å². The van der Waals surface area contributed by atoms with Crippen LogP contribution in [0.5, 0.6) is 0 Å². The lowest BCUT2D eigenvalue weighted by Crippen LogP contribution is -2.00. The van der Waals surface area contributed by atoms with Crippen molar-refractivity contribution in [2.45, 2.75) is 13.8 Å². The number of benzene rings is 2. The van der Waals surface area contributed by atoms with Crippen LogP contribution in [0, 0.1) is 13.8 Å². The number of nitrogens with zero attached hydrogens (tertiary/aromatic N) is 1. The van der Waals surface area contributed by atoms with Crippen LogP contribution in [-0.4, -0.2) is 16.1 Å². The first-order valence-electron chi connectivity index (χ1n) is 6.76. The minimum atomic E-state index is -0.929. The molecular formula is C18H15NO2. The maximum atomic E-state index is 11.5. The van der Waals surface area contributed by atoms with Crippen molar-refractivity contribution in [1.29, 1.82) is 0 Å². The van der Waals surface area contributed by atoms with E-state index in [1.54, 1.807) is 6.07 Å². The summed E-state index contributed by atoms with van der Waals surface area (Å²) in [6, 6.07) is 15.2. The summed E-state index contributed by atoms with van der Waals surface area (Å²) in [6.45, 7) is 3.95. The Morgan fingerprint density at radius 3 is 2.48 bits per heavy atom. The molecule has 0 spiro atoms. The first-order chi connectivity index (χ1) is 10.0. The van der Waals surface area contributed by atoms with Crippen LogP contribution >= 0.6 is 0 Å². The summed E-state index contributed by atoms with van der Waals surface area (Å²) in [7, 11) is 0. The quantitative estimate of drug-likeness (QED) is 0.763. The number of hydrogen-bond acceptors (Lipinski definition) is 2. The lowest BCUT2D eigenvalue weighted by molar-refractivity contribution is 0.0699. The van der Waals surface area contributed by atoms with E-state index in [2.05, 4.69) is 4.98 Å². The standard InChI is InChI=1S/C18H15NO2/c1-11-4-3-5-13(8-11)17-10-15(18(20)21)14-9-12(2)6-7-16(14)19-17/h3-10H,1-2H3,(H,20,21). The van der Waals surface area contributed by atoms with Crippen LogP contribution < -0.4 is 0 Å². The van der Waals surface area contributed by atoms with Crippen LogP contribution in [0.15, 0.2) is 48.5 Å². The third kappa shape index (κ3) is 2.50. The van der Waals surface area contributed by atoms with E-state index >= 15 is 0 Å². The van der Waals surface area contributed by atoms with Crippen LogP contribution in [0.1, 0.15) is 21.5 Å². The molecule has 3 rings (SSSR count). The smallest absolute Gasteiger partial charge is 0.336 e. The monoisotopic (exact) mass is 277 g/mol. The number of aryl methyl sites for hydroxylation is 2. The number of pyridine rings is 1. The number of rotatable bonds is 2. The lowest BCUT2D eigenvalue weighted by atomic mass is 10.0. The Labute approximate surface area is 122 Å². The Hall–Kier alpha value is -2.68. The third-order valence-corrected chi connectivity index (χ3v) is 3.51. The minimum Gasteiger partial charge on any atom is -0.478 e. The van der Waals surface area contributed by atoms with Gasteiger partial charge in [0.25, 0.3) is 0 Å². The molecule has 0 aliphatic rings. The van der Waals surface area contributed by atoms with Crippen LogP contribution in [0.2, 0.25) is 0 Å². The molecule has 3 heteroatoms. The van der Waals surface area contributed by atoms with Crippen molar-refractivity contribution in [3.05, 3.63) is 65.2 Å². The van der Waals surface area contributed by atoms with Crippen molar-refractivity contribution in [2.24, 2.45) is 0 Å². The van der Waals surface area contributed by atoms with Gasteiger partial charge in [-0.2, -0.15) is 0 Å². The van der Waals surface area contributed by atoms with Crippen molar-refractivity contribution in [1.82, 2.24) is 4.98 Å². The molecule has 3 nitrogen and oxygen atoms in total. The average molecular weight is 277 g/mol. The summed E-state index contributed by atoms with van der Waals surface area (Å²) in [5.74, 6) is -0.929. The highest BCUT2D eigenvalue weighted by molar-refractivity contribution is 6.03. The predicted octanol–water partition coefficient (Wildman–Crippen LogP) is 4.22. The van der Waals surface area contributed by atoms with Crippen molar-refractivity contribution < 1.29 is 9.90 Å². The van der Waals surface area contributed by atoms with E-state index in [1.807, 2.05) is 56.3 Å². The summed E-state index contributed by atoms with van der Waals surface area (Å²) in [4.78, 5) is 16.2. The zero-order valence-electron chi connectivity index (χ0n) is 11.9. The second kappa shape index (κ2) is 5.02. The molecule has 0 saturated carbocycles. The van der Waals surface area contributed by atoms with E-state index in [-0.39, 0.29) is 0 Å². The molecule has 0 unspecified atom stereocenters. The van der Waals surface area contributed by atoms with Gasteiger partial charge in [0.15, 0.2) is 0 Å². The maximum absolute atomic E-state index is 11.5. The summed E-state index contributed by atoms with van der Waals surface area (Å²) >= 11 is 0. The van der Waals surface area contributed by atoms with Gasteiger partial charge in [-0.1, -0.05) is 35.4 Å². The Morgan fingerprint density at radius 1 is 1.00 bits per heavy atom. The lowest BCUT2D eigenvalue weighted by Gasteiger charge is -2.08. The molecule has 0 saturated heterocycles. The molecular weight excluding hydrogens is 262 g/mol. The van der Waals surface area contributed by atoms with Gasteiger partial charge in [0, 0.05) is 10.9 Å². The van der Waals surface area contributed by atoms with E-state index < -0.39 is 5.97 Å². The van der Waals surface area contributed by atoms with Crippen molar-refractivity contribution in [3.8, 4) is 11.3 Å². The molecule has 2 aromatic carbocycles. The fourth-order valence-corrected chi connectivity index (χ4v) is 2.47. The molecule has 0 amide bonds. The SMILES string of the molecule is Cc1cccc(-c2cc(C(=O)O)c3cc(C)ccc3n2)c1. The molecule has 0 radical (unpaired) electrons. The highest BCUT2D eigenvalue weighted by Crippen LogP contribution is 2.26. The van der Waals surface area contributed by atoms with Crippen LogP contribution in [0.25, 0.3) is 22.2 Å². The van der Waals surface area contributed by atoms with Gasteiger partial charge in [0.1, 0.15) is 0 Å². The maximum Gasteiger partial charge on any atom is 0.336 e. The molecule has 1 aromatic heterocycles. The summed E-state index contributed by atoms with van der Waals surface area (Å²) in [5, 5.41) is 10.2. The molecule has 0 aliphatic carbocycles. The fraction of sp³-hybridized carbons (Fsp3) is 0.111. The molecule has 3 aromatic rings. The van der Waals surface area contributed by atoms with E-state index in [9.17, 15) is 9.90 Å². The van der Waals surface area contributed by atoms with Crippen molar-refractivity contribution in [3.63, 3.8) is 0 Å². The Balaban J connectivity index is 2.31. The molecule has 104 valence electrons. The summed E-state index contributed by atoms with van der Waals surface area (Å²) in [6.07, 6.45) is 0. The molecule has 0 bridgehead atoms. The molecule has 21 heavy (non-hydrogen) atoms. The van der Waals surface area contributed by atoms with Gasteiger partial charge in [0.2, 0.25) is 0 Å². The van der Waals surface area contributed by atoms with Crippen LogP contribution in [0.4, 0.5) is 0 Å². The molecule has 0 aliphatic heterocycles. The van der Waals surface area contributed by atoms with E-state index in [1.165, 1.54) is 0 Å². The van der Waals surface area contributed by atoms with Crippen molar-refractivity contribution >= 4 is 16.9 Å². The normalized spacial score (nSPS) is 10.8. The second-order valence-electron chi connectivity index (χ2n) is 5.25. The van der Waals surface area contributed by atoms with Gasteiger partial charge in [-0.3, -0.25) is 0 Å². The zero-order valence-corrected chi connectivity index (χ0v) is 11.9.